The highest BCUT2D eigenvalue weighted by Gasteiger charge is 2.39. The van der Waals surface area contributed by atoms with Crippen molar-refractivity contribution >= 4 is 11.7 Å². The summed E-state index contributed by atoms with van der Waals surface area (Å²) in [5.41, 5.74) is 3.34. The van der Waals surface area contributed by atoms with Crippen LogP contribution in [0.3, 0.4) is 0 Å². The predicted molar refractivity (Wildman–Crippen MR) is 121 cm³/mol. The number of ketones is 1. The van der Waals surface area contributed by atoms with E-state index in [0.717, 1.165) is 29.0 Å². The maximum absolute atomic E-state index is 13.3. The summed E-state index contributed by atoms with van der Waals surface area (Å²) in [6.45, 7) is 2.75. The van der Waals surface area contributed by atoms with Gasteiger partial charge >= 0.3 is 0 Å². The first-order chi connectivity index (χ1) is 15.5. The van der Waals surface area contributed by atoms with Gasteiger partial charge in [0.15, 0.2) is 5.78 Å². The van der Waals surface area contributed by atoms with Gasteiger partial charge in [-0.05, 0) is 42.5 Å². The molecule has 2 aromatic carbocycles. The van der Waals surface area contributed by atoms with E-state index in [4.69, 9.17) is 14.2 Å². The van der Waals surface area contributed by atoms with Gasteiger partial charge < -0.3 is 19.5 Å². The molecule has 1 amide bonds. The van der Waals surface area contributed by atoms with Crippen LogP contribution in [0.5, 0.6) is 17.2 Å². The van der Waals surface area contributed by atoms with Gasteiger partial charge in [0.1, 0.15) is 17.2 Å². The number of carbonyl (C=O) groups is 2. The average molecular weight is 436 g/mol. The minimum atomic E-state index is -0.321. The number of ether oxygens (including phenoxy) is 3. The van der Waals surface area contributed by atoms with Crippen LogP contribution in [0.25, 0.3) is 0 Å². The Morgan fingerprint density at radius 2 is 1.69 bits per heavy atom. The third-order valence-electron chi connectivity index (χ3n) is 6.18. The zero-order valence-corrected chi connectivity index (χ0v) is 18.8. The van der Waals surface area contributed by atoms with E-state index in [2.05, 4.69) is 12.2 Å². The molecule has 32 heavy (non-hydrogen) atoms. The van der Waals surface area contributed by atoms with E-state index in [0.29, 0.717) is 36.5 Å². The Morgan fingerprint density at radius 3 is 2.38 bits per heavy atom. The second-order valence-corrected chi connectivity index (χ2v) is 8.25. The first-order valence-electron chi connectivity index (χ1n) is 11.0. The minimum Gasteiger partial charge on any atom is -0.497 e. The topological polar surface area (TPSA) is 73.9 Å². The standard InChI is InChI=1S/C26H29NO5/c1-4-11-32-18-7-5-16(6-8-18)17-12-22-26(23(28)13-17)21(15-25(29)27-22)20-10-9-19(30-2)14-24(20)31-3/h5-10,14,17,21H,4,11-13,15H2,1-3H3,(H,27,29). The van der Waals surface area contributed by atoms with Crippen molar-refractivity contribution in [3.8, 4) is 17.2 Å². The maximum Gasteiger partial charge on any atom is 0.225 e. The summed E-state index contributed by atoms with van der Waals surface area (Å²) in [7, 11) is 3.18. The smallest absolute Gasteiger partial charge is 0.225 e. The second-order valence-electron chi connectivity index (χ2n) is 8.25. The van der Waals surface area contributed by atoms with Gasteiger partial charge in [-0.15, -0.1) is 0 Å². The highest BCUT2D eigenvalue weighted by atomic mass is 16.5. The summed E-state index contributed by atoms with van der Waals surface area (Å²) < 4.78 is 16.5. The zero-order chi connectivity index (χ0) is 22.7. The Balaban J connectivity index is 1.64. The van der Waals surface area contributed by atoms with Crippen LogP contribution in [0.2, 0.25) is 0 Å². The summed E-state index contributed by atoms with van der Waals surface area (Å²) in [5.74, 6) is 1.82. The molecule has 0 saturated heterocycles. The zero-order valence-electron chi connectivity index (χ0n) is 18.8. The fourth-order valence-electron chi connectivity index (χ4n) is 4.62. The van der Waals surface area contributed by atoms with E-state index in [1.54, 1.807) is 20.3 Å². The van der Waals surface area contributed by atoms with Crippen LogP contribution in [0.1, 0.15) is 55.6 Å². The number of benzene rings is 2. The van der Waals surface area contributed by atoms with Crippen molar-refractivity contribution in [2.45, 2.75) is 44.4 Å². The van der Waals surface area contributed by atoms with Crippen LogP contribution >= 0.6 is 0 Å². The van der Waals surface area contributed by atoms with Gasteiger partial charge in [-0.3, -0.25) is 9.59 Å². The molecular weight excluding hydrogens is 406 g/mol. The summed E-state index contributed by atoms with van der Waals surface area (Å²) >= 11 is 0. The summed E-state index contributed by atoms with van der Waals surface area (Å²) in [6, 6.07) is 13.4. The van der Waals surface area contributed by atoms with Gasteiger partial charge in [-0.25, -0.2) is 0 Å². The molecule has 0 radical (unpaired) electrons. The summed E-state index contributed by atoms with van der Waals surface area (Å²) in [5, 5.41) is 2.98. The van der Waals surface area contributed by atoms with Crippen molar-refractivity contribution in [3.63, 3.8) is 0 Å². The van der Waals surface area contributed by atoms with E-state index in [1.165, 1.54) is 0 Å². The van der Waals surface area contributed by atoms with Gasteiger partial charge in [0.25, 0.3) is 0 Å². The third-order valence-corrected chi connectivity index (χ3v) is 6.18. The molecule has 0 saturated carbocycles. The van der Waals surface area contributed by atoms with Crippen LogP contribution in [0, 0.1) is 0 Å². The average Bonchev–Trinajstić information content (AvgIpc) is 2.81. The quantitative estimate of drug-likeness (QED) is 0.693. The molecular formula is C26H29NO5. The Kier molecular flexibility index (Phi) is 6.49. The lowest BCUT2D eigenvalue weighted by Crippen LogP contribution is -2.38. The van der Waals surface area contributed by atoms with Crippen molar-refractivity contribution in [2.24, 2.45) is 0 Å². The monoisotopic (exact) mass is 435 g/mol. The predicted octanol–water partition coefficient (Wildman–Crippen LogP) is 4.50. The molecule has 1 heterocycles. The van der Waals surface area contributed by atoms with Crippen LogP contribution in [-0.2, 0) is 9.59 Å². The first-order valence-corrected chi connectivity index (χ1v) is 11.0. The van der Waals surface area contributed by atoms with Crippen molar-refractivity contribution in [3.05, 3.63) is 64.9 Å². The van der Waals surface area contributed by atoms with Gasteiger partial charge in [0.2, 0.25) is 5.91 Å². The number of hydrogen-bond acceptors (Lipinski definition) is 5. The first kappa shape index (κ1) is 21.9. The van der Waals surface area contributed by atoms with E-state index < -0.39 is 0 Å². The van der Waals surface area contributed by atoms with Gasteiger partial charge in [-0.2, -0.15) is 0 Å². The van der Waals surface area contributed by atoms with E-state index in [9.17, 15) is 9.59 Å². The number of nitrogens with one attached hydrogen (secondary N) is 1. The Bertz CT molecular complexity index is 1040. The number of methoxy groups -OCH3 is 2. The number of amides is 1. The van der Waals surface area contributed by atoms with Crippen molar-refractivity contribution in [2.75, 3.05) is 20.8 Å². The normalized spacial score (nSPS) is 20.5. The molecule has 2 aromatic rings. The summed E-state index contributed by atoms with van der Waals surface area (Å²) in [4.78, 5) is 25.9. The molecule has 0 fully saturated rings. The molecule has 2 atom stereocenters. The number of carbonyl (C=O) groups excluding carboxylic acids is 2. The Labute approximate surface area is 188 Å². The van der Waals surface area contributed by atoms with Gasteiger partial charge in [-0.1, -0.05) is 25.1 Å². The maximum atomic E-state index is 13.3. The molecule has 2 unspecified atom stereocenters. The number of hydrogen-bond donors (Lipinski definition) is 1. The highest BCUT2D eigenvalue weighted by Crippen LogP contribution is 2.45. The SMILES string of the molecule is CCCOc1ccc(C2CC(=O)C3=C(C2)NC(=O)CC3c2ccc(OC)cc2OC)cc1. The molecule has 6 nitrogen and oxygen atoms in total. The lowest BCUT2D eigenvalue weighted by Gasteiger charge is -2.35. The minimum absolute atomic E-state index is 0.0262. The molecule has 1 N–H and O–H groups in total. The lowest BCUT2D eigenvalue weighted by molar-refractivity contribution is -0.122. The lowest BCUT2D eigenvalue weighted by atomic mass is 9.73. The van der Waals surface area contributed by atoms with Crippen molar-refractivity contribution < 1.29 is 23.8 Å². The van der Waals surface area contributed by atoms with Crippen LogP contribution in [-0.4, -0.2) is 32.5 Å². The van der Waals surface area contributed by atoms with E-state index in [1.807, 2.05) is 36.4 Å². The molecule has 168 valence electrons. The number of allylic oxidation sites excluding steroid dienone is 2. The largest absolute Gasteiger partial charge is 0.497 e. The Hall–Kier alpha value is -3.28. The number of Topliss-reactive ketones (excluding diaryl/α,β-unsaturated/α-hetero) is 1. The fourth-order valence-corrected chi connectivity index (χ4v) is 4.62. The van der Waals surface area contributed by atoms with Crippen molar-refractivity contribution in [1.82, 2.24) is 5.32 Å². The van der Waals surface area contributed by atoms with Crippen LogP contribution < -0.4 is 19.5 Å². The van der Waals surface area contributed by atoms with Crippen LogP contribution in [0.4, 0.5) is 0 Å². The van der Waals surface area contributed by atoms with Crippen molar-refractivity contribution in [1.29, 1.82) is 0 Å². The highest BCUT2D eigenvalue weighted by molar-refractivity contribution is 6.02. The summed E-state index contributed by atoms with van der Waals surface area (Å²) in [6.07, 6.45) is 2.22. The van der Waals surface area contributed by atoms with Gasteiger partial charge in [0.05, 0.1) is 20.8 Å². The fraction of sp³-hybridized carbons (Fsp3) is 0.385. The molecule has 6 heteroatoms. The second kappa shape index (κ2) is 9.47. The van der Waals surface area contributed by atoms with E-state index in [-0.39, 0.29) is 29.9 Å². The van der Waals surface area contributed by atoms with Gasteiger partial charge in [0, 0.05) is 41.7 Å². The molecule has 0 bridgehead atoms. The molecule has 0 aromatic heterocycles. The van der Waals surface area contributed by atoms with Crippen LogP contribution in [0.15, 0.2) is 53.7 Å². The molecule has 2 aliphatic rings. The third kappa shape index (κ3) is 4.35. The molecule has 4 rings (SSSR count). The molecule has 1 aliphatic heterocycles. The Morgan fingerprint density at radius 1 is 0.938 bits per heavy atom. The van der Waals surface area contributed by atoms with E-state index >= 15 is 0 Å². The molecule has 1 aliphatic carbocycles. The molecule has 0 spiro atoms. The number of rotatable bonds is 7.